The third-order valence-electron chi connectivity index (χ3n) is 3.58. The van der Waals surface area contributed by atoms with Crippen molar-refractivity contribution in [2.75, 3.05) is 7.11 Å². The van der Waals surface area contributed by atoms with Gasteiger partial charge in [-0.2, -0.15) is 0 Å². The van der Waals surface area contributed by atoms with Crippen LogP contribution < -0.4 is 5.32 Å². The first kappa shape index (κ1) is 16.7. The maximum atomic E-state index is 12.5. The first-order valence-electron chi connectivity index (χ1n) is 7.32. The number of hydrogen-bond donors (Lipinski definition) is 2. The van der Waals surface area contributed by atoms with Crippen molar-refractivity contribution in [3.63, 3.8) is 0 Å². The number of Topliss-reactive ketones (excluding diaryl/α,β-unsaturated/α-hetero) is 1. The standard InChI is InChI=1S/C17H19NO5/c1-9(2)7-12(17(22)23-3)18-11-8-14(20)10-5-4-6-13(19)15(10)16(11)21/h4-6,8-9,12,18-19H,7H2,1-3H3/t12-/m0/s1. The van der Waals surface area contributed by atoms with Gasteiger partial charge in [0.15, 0.2) is 5.78 Å². The number of fused-ring (bicyclic) bond motifs is 1. The number of allylic oxidation sites excluding steroid dienone is 2. The maximum Gasteiger partial charge on any atom is 0.328 e. The van der Waals surface area contributed by atoms with Gasteiger partial charge in [0.2, 0.25) is 5.78 Å². The second-order valence-corrected chi connectivity index (χ2v) is 5.80. The van der Waals surface area contributed by atoms with Gasteiger partial charge in [0, 0.05) is 11.6 Å². The van der Waals surface area contributed by atoms with Crippen LogP contribution in [0.1, 0.15) is 41.0 Å². The van der Waals surface area contributed by atoms with Crippen LogP contribution in [0.2, 0.25) is 0 Å². The van der Waals surface area contributed by atoms with E-state index < -0.39 is 23.6 Å². The van der Waals surface area contributed by atoms with Crippen LogP contribution in [0.3, 0.4) is 0 Å². The highest BCUT2D eigenvalue weighted by Gasteiger charge is 2.31. The van der Waals surface area contributed by atoms with E-state index in [1.807, 2.05) is 13.8 Å². The number of ether oxygens (including phenoxy) is 1. The van der Waals surface area contributed by atoms with Crippen LogP contribution in [0.25, 0.3) is 0 Å². The van der Waals surface area contributed by atoms with E-state index in [2.05, 4.69) is 5.32 Å². The molecule has 0 amide bonds. The molecule has 0 aromatic heterocycles. The Morgan fingerprint density at radius 3 is 2.61 bits per heavy atom. The zero-order chi connectivity index (χ0) is 17.1. The third kappa shape index (κ3) is 3.41. The SMILES string of the molecule is COC(=O)[C@H](CC(C)C)NC1=CC(=O)c2cccc(O)c2C1=O. The van der Waals surface area contributed by atoms with Crippen molar-refractivity contribution in [3.8, 4) is 5.75 Å². The smallest absolute Gasteiger partial charge is 0.328 e. The number of ketones is 2. The predicted molar refractivity (Wildman–Crippen MR) is 83.2 cm³/mol. The molecule has 0 unspecified atom stereocenters. The lowest BCUT2D eigenvalue weighted by atomic mass is 9.91. The zero-order valence-electron chi connectivity index (χ0n) is 13.3. The van der Waals surface area contributed by atoms with Crippen LogP contribution in [0.4, 0.5) is 0 Å². The van der Waals surface area contributed by atoms with E-state index in [0.717, 1.165) is 6.08 Å². The van der Waals surface area contributed by atoms with Crippen molar-refractivity contribution < 1.29 is 24.2 Å². The fourth-order valence-corrected chi connectivity index (χ4v) is 2.52. The summed E-state index contributed by atoms with van der Waals surface area (Å²) in [5, 5.41) is 12.7. The number of hydrogen-bond acceptors (Lipinski definition) is 6. The summed E-state index contributed by atoms with van der Waals surface area (Å²) < 4.78 is 4.74. The van der Waals surface area contributed by atoms with E-state index in [4.69, 9.17) is 4.74 Å². The molecule has 0 saturated carbocycles. The van der Waals surface area contributed by atoms with Crippen molar-refractivity contribution in [2.24, 2.45) is 5.92 Å². The minimum Gasteiger partial charge on any atom is -0.507 e. The molecule has 1 aromatic carbocycles. The number of carbonyl (C=O) groups is 3. The van der Waals surface area contributed by atoms with Gasteiger partial charge < -0.3 is 15.2 Å². The number of esters is 1. The summed E-state index contributed by atoms with van der Waals surface area (Å²) >= 11 is 0. The number of rotatable bonds is 5. The zero-order valence-corrected chi connectivity index (χ0v) is 13.3. The first-order chi connectivity index (χ1) is 10.8. The molecule has 0 fully saturated rings. The normalized spacial score (nSPS) is 15.0. The number of carbonyl (C=O) groups excluding carboxylic acids is 3. The molecule has 0 spiro atoms. The average Bonchev–Trinajstić information content (AvgIpc) is 2.50. The summed E-state index contributed by atoms with van der Waals surface area (Å²) in [7, 11) is 1.26. The van der Waals surface area contributed by atoms with E-state index in [0.29, 0.717) is 6.42 Å². The number of methoxy groups -OCH3 is 1. The average molecular weight is 317 g/mol. The minimum atomic E-state index is -0.740. The molecule has 1 atom stereocenters. The van der Waals surface area contributed by atoms with Gasteiger partial charge in [0.1, 0.15) is 11.8 Å². The number of aromatic hydroxyl groups is 1. The van der Waals surface area contributed by atoms with Gasteiger partial charge in [-0.1, -0.05) is 26.0 Å². The van der Waals surface area contributed by atoms with Gasteiger partial charge in [0.25, 0.3) is 0 Å². The lowest BCUT2D eigenvalue weighted by Crippen LogP contribution is -2.41. The summed E-state index contributed by atoms with van der Waals surface area (Å²) in [6.07, 6.45) is 1.60. The maximum absolute atomic E-state index is 12.5. The second kappa shape index (κ2) is 6.64. The van der Waals surface area contributed by atoms with Gasteiger partial charge in [-0.15, -0.1) is 0 Å². The van der Waals surface area contributed by atoms with Crippen molar-refractivity contribution in [1.29, 1.82) is 0 Å². The fourth-order valence-electron chi connectivity index (χ4n) is 2.52. The second-order valence-electron chi connectivity index (χ2n) is 5.80. The molecule has 122 valence electrons. The molecule has 0 aliphatic heterocycles. The lowest BCUT2D eigenvalue weighted by Gasteiger charge is -2.23. The minimum absolute atomic E-state index is 0.0138. The molecule has 0 radical (unpaired) electrons. The molecule has 1 aromatic rings. The summed E-state index contributed by atoms with van der Waals surface area (Å²) in [4.78, 5) is 36.5. The quantitative estimate of drug-likeness (QED) is 0.805. The summed E-state index contributed by atoms with van der Waals surface area (Å²) in [5.74, 6) is -1.50. The van der Waals surface area contributed by atoms with E-state index in [1.54, 1.807) is 0 Å². The Hall–Kier alpha value is -2.63. The van der Waals surface area contributed by atoms with Gasteiger partial charge in [-0.3, -0.25) is 9.59 Å². The topological polar surface area (TPSA) is 92.7 Å². The number of nitrogens with one attached hydrogen (secondary N) is 1. The molecule has 6 heteroatoms. The lowest BCUT2D eigenvalue weighted by molar-refractivity contribution is -0.143. The van der Waals surface area contributed by atoms with Crippen LogP contribution in [0.5, 0.6) is 5.75 Å². The third-order valence-corrected chi connectivity index (χ3v) is 3.58. The van der Waals surface area contributed by atoms with E-state index >= 15 is 0 Å². The molecule has 0 bridgehead atoms. The summed E-state index contributed by atoms with van der Waals surface area (Å²) in [6, 6.07) is 3.59. The Labute approximate surface area is 134 Å². The molecule has 6 nitrogen and oxygen atoms in total. The molecule has 0 heterocycles. The highest BCUT2D eigenvalue weighted by molar-refractivity contribution is 6.25. The van der Waals surface area contributed by atoms with Gasteiger partial charge in [0.05, 0.1) is 18.4 Å². The predicted octanol–water partition coefficient (Wildman–Crippen LogP) is 1.83. The van der Waals surface area contributed by atoms with Crippen molar-refractivity contribution in [1.82, 2.24) is 5.32 Å². The molecule has 2 rings (SSSR count). The Kier molecular flexibility index (Phi) is 4.83. The van der Waals surface area contributed by atoms with Gasteiger partial charge in [-0.05, 0) is 18.4 Å². The summed E-state index contributed by atoms with van der Waals surface area (Å²) in [5.41, 5.74) is 0.0924. The van der Waals surface area contributed by atoms with Crippen LogP contribution >= 0.6 is 0 Å². The van der Waals surface area contributed by atoms with Gasteiger partial charge >= 0.3 is 5.97 Å². The molecular formula is C17H19NO5. The molecule has 1 aliphatic rings. The van der Waals surface area contributed by atoms with Gasteiger partial charge in [-0.25, -0.2) is 4.79 Å². The highest BCUT2D eigenvalue weighted by Crippen LogP contribution is 2.28. The van der Waals surface area contributed by atoms with Crippen molar-refractivity contribution >= 4 is 17.5 Å². The monoisotopic (exact) mass is 317 g/mol. The Balaban J connectivity index is 2.33. The molecule has 23 heavy (non-hydrogen) atoms. The molecule has 0 saturated heterocycles. The molecule has 2 N–H and O–H groups in total. The van der Waals surface area contributed by atoms with E-state index in [-0.39, 0.29) is 28.5 Å². The fraction of sp³-hybridized carbons (Fsp3) is 0.353. The van der Waals surface area contributed by atoms with Crippen LogP contribution in [0.15, 0.2) is 30.0 Å². The molecular weight excluding hydrogens is 298 g/mol. The Bertz CT molecular complexity index is 690. The van der Waals surface area contributed by atoms with E-state index in [1.165, 1.54) is 25.3 Å². The molecule has 1 aliphatic carbocycles. The number of phenols is 1. The van der Waals surface area contributed by atoms with Crippen LogP contribution in [-0.2, 0) is 9.53 Å². The first-order valence-corrected chi connectivity index (χ1v) is 7.32. The van der Waals surface area contributed by atoms with Crippen LogP contribution in [0, 0.1) is 5.92 Å². The Morgan fingerprint density at radius 2 is 2.00 bits per heavy atom. The number of benzene rings is 1. The highest BCUT2D eigenvalue weighted by atomic mass is 16.5. The number of phenolic OH excluding ortho intramolecular Hbond substituents is 1. The van der Waals surface area contributed by atoms with Crippen LogP contribution in [-0.4, -0.2) is 35.8 Å². The van der Waals surface area contributed by atoms with E-state index in [9.17, 15) is 19.5 Å². The van der Waals surface area contributed by atoms with Crippen molar-refractivity contribution in [2.45, 2.75) is 26.3 Å². The summed E-state index contributed by atoms with van der Waals surface area (Å²) in [6.45, 7) is 3.86. The largest absolute Gasteiger partial charge is 0.507 e. The van der Waals surface area contributed by atoms with Crippen molar-refractivity contribution in [3.05, 3.63) is 41.1 Å². The Morgan fingerprint density at radius 1 is 1.30 bits per heavy atom.